The molecule has 4 aromatic heterocycles. The van der Waals surface area contributed by atoms with E-state index in [0.717, 1.165) is 89.7 Å². The van der Waals surface area contributed by atoms with Gasteiger partial charge in [0.05, 0.1) is 34.8 Å². The number of piperidine rings is 1. The Bertz CT molecular complexity index is 1350. The fourth-order valence-electron chi connectivity index (χ4n) is 4.95. The number of aryl methyl sites for hydroxylation is 1. The smallest absolute Gasteiger partial charge is 0.143 e. The van der Waals surface area contributed by atoms with Crippen LogP contribution in [0.4, 0.5) is 17.3 Å². The van der Waals surface area contributed by atoms with E-state index in [4.69, 9.17) is 14.7 Å². The molecule has 2 aliphatic heterocycles. The van der Waals surface area contributed by atoms with Gasteiger partial charge in [0.25, 0.3) is 0 Å². The Morgan fingerprint density at radius 1 is 0.972 bits per heavy atom. The van der Waals surface area contributed by atoms with E-state index in [1.165, 1.54) is 24.9 Å². The second-order valence-electron chi connectivity index (χ2n) is 9.45. The first-order valence-corrected chi connectivity index (χ1v) is 13.6. The molecule has 0 unspecified atom stereocenters. The van der Waals surface area contributed by atoms with Gasteiger partial charge in [0.15, 0.2) is 0 Å². The molecule has 9 heteroatoms. The number of morpholine rings is 1. The van der Waals surface area contributed by atoms with Gasteiger partial charge in [-0.2, -0.15) is 0 Å². The number of nitrogens with zero attached hydrogens (tertiary/aromatic N) is 6. The molecule has 2 aliphatic rings. The Kier molecular flexibility index (Phi) is 6.76. The quantitative estimate of drug-likeness (QED) is 0.394. The highest BCUT2D eigenvalue weighted by Gasteiger charge is 2.20. The number of hydrogen-bond acceptors (Lipinski definition) is 9. The van der Waals surface area contributed by atoms with Crippen molar-refractivity contribution in [2.45, 2.75) is 32.7 Å². The van der Waals surface area contributed by atoms with Crippen LogP contribution in [0.1, 0.15) is 30.5 Å². The van der Waals surface area contributed by atoms with Crippen molar-refractivity contribution in [3.63, 3.8) is 0 Å². The van der Waals surface area contributed by atoms with Crippen molar-refractivity contribution in [1.29, 1.82) is 0 Å². The monoisotopic (exact) mass is 501 g/mol. The molecule has 6 rings (SSSR count). The molecule has 0 spiro atoms. The van der Waals surface area contributed by atoms with Gasteiger partial charge in [-0.3, -0.25) is 9.88 Å². The van der Waals surface area contributed by atoms with Crippen molar-refractivity contribution in [1.82, 2.24) is 24.8 Å². The van der Waals surface area contributed by atoms with Gasteiger partial charge in [0.2, 0.25) is 0 Å². The first-order valence-electron chi connectivity index (χ1n) is 12.7. The topological polar surface area (TPSA) is 79.3 Å². The molecule has 0 aromatic carbocycles. The number of nitrogens with one attached hydrogen (secondary N) is 1. The number of pyridine rings is 3. The number of hydrogen-bond donors (Lipinski definition) is 1. The normalized spacial score (nSPS) is 17.0. The van der Waals surface area contributed by atoms with Crippen LogP contribution >= 0.6 is 11.3 Å². The van der Waals surface area contributed by atoms with E-state index >= 15 is 0 Å². The molecular formula is C27H31N7OS. The summed E-state index contributed by atoms with van der Waals surface area (Å²) in [6, 6.07) is 10.3. The van der Waals surface area contributed by atoms with E-state index in [2.05, 4.69) is 50.2 Å². The standard InChI is InChI=1S/C27H31N7OS/c1-19-6-5-9-28-26(19)27-31-20-16-25(29-17-23(20)36-27)32-24-8-7-22(34-12-14-35-15-13-34)21(30-24)18-33-10-3-2-4-11-33/h5-9,16-17H,2-4,10-15,18H2,1H3,(H,29,30,32). The van der Waals surface area contributed by atoms with Crippen LogP contribution in [0.2, 0.25) is 0 Å². The third kappa shape index (κ3) is 5.04. The summed E-state index contributed by atoms with van der Waals surface area (Å²) in [4.78, 5) is 24.0. The molecule has 186 valence electrons. The lowest BCUT2D eigenvalue weighted by atomic mass is 10.1. The Balaban J connectivity index is 1.27. The van der Waals surface area contributed by atoms with Gasteiger partial charge >= 0.3 is 0 Å². The second kappa shape index (κ2) is 10.5. The molecule has 6 heterocycles. The highest BCUT2D eigenvalue weighted by molar-refractivity contribution is 7.21. The zero-order valence-electron chi connectivity index (χ0n) is 20.6. The highest BCUT2D eigenvalue weighted by Crippen LogP contribution is 2.32. The summed E-state index contributed by atoms with van der Waals surface area (Å²) in [5, 5.41) is 4.34. The molecule has 0 saturated carbocycles. The van der Waals surface area contributed by atoms with Crippen molar-refractivity contribution in [3.8, 4) is 10.7 Å². The highest BCUT2D eigenvalue weighted by atomic mass is 32.1. The van der Waals surface area contributed by atoms with Gasteiger partial charge in [-0.25, -0.2) is 15.0 Å². The van der Waals surface area contributed by atoms with Gasteiger partial charge < -0.3 is 15.0 Å². The van der Waals surface area contributed by atoms with Crippen molar-refractivity contribution in [2.75, 3.05) is 49.6 Å². The van der Waals surface area contributed by atoms with E-state index in [1.807, 2.05) is 24.5 Å². The molecule has 1 N–H and O–H groups in total. The zero-order valence-corrected chi connectivity index (χ0v) is 21.4. The maximum absolute atomic E-state index is 5.58. The summed E-state index contributed by atoms with van der Waals surface area (Å²) in [5.74, 6) is 1.55. The van der Waals surface area contributed by atoms with E-state index in [9.17, 15) is 0 Å². The lowest BCUT2D eigenvalue weighted by Gasteiger charge is -2.32. The second-order valence-corrected chi connectivity index (χ2v) is 10.5. The van der Waals surface area contributed by atoms with Crippen LogP contribution < -0.4 is 10.2 Å². The number of aromatic nitrogens is 4. The first kappa shape index (κ1) is 23.3. The molecule has 2 saturated heterocycles. The van der Waals surface area contributed by atoms with Crippen LogP contribution in [0.25, 0.3) is 20.9 Å². The van der Waals surface area contributed by atoms with E-state index in [1.54, 1.807) is 11.3 Å². The fourth-order valence-corrected chi connectivity index (χ4v) is 5.92. The molecule has 0 aliphatic carbocycles. The van der Waals surface area contributed by atoms with Crippen molar-refractivity contribution in [3.05, 3.63) is 54.0 Å². The van der Waals surface area contributed by atoms with E-state index < -0.39 is 0 Å². The minimum absolute atomic E-state index is 0.743. The van der Waals surface area contributed by atoms with Crippen LogP contribution in [-0.4, -0.2) is 64.2 Å². The minimum Gasteiger partial charge on any atom is -0.378 e. The van der Waals surface area contributed by atoms with Crippen LogP contribution in [0.15, 0.2) is 42.7 Å². The SMILES string of the molecule is Cc1cccnc1-c1nc2cc(Nc3ccc(N4CCOCC4)c(CN4CCCCC4)n3)ncc2s1. The molecule has 36 heavy (non-hydrogen) atoms. The number of ether oxygens (including phenoxy) is 1. The predicted octanol–water partition coefficient (Wildman–Crippen LogP) is 5.02. The van der Waals surface area contributed by atoms with Gasteiger partial charge in [0, 0.05) is 38.1 Å². The Morgan fingerprint density at radius 3 is 2.67 bits per heavy atom. The number of rotatable bonds is 6. The number of thiazole rings is 1. The molecule has 8 nitrogen and oxygen atoms in total. The van der Waals surface area contributed by atoms with Gasteiger partial charge in [0.1, 0.15) is 22.3 Å². The van der Waals surface area contributed by atoms with Gasteiger partial charge in [-0.15, -0.1) is 11.3 Å². The number of fused-ring (bicyclic) bond motifs is 1. The average Bonchev–Trinajstić information content (AvgIpc) is 3.33. The Labute approximate surface area is 215 Å². The first-order chi connectivity index (χ1) is 17.7. The van der Waals surface area contributed by atoms with Crippen LogP contribution in [-0.2, 0) is 11.3 Å². The number of likely N-dealkylation sites (tertiary alicyclic amines) is 1. The fraction of sp³-hybridized carbons (Fsp3) is 0.407. The van der Waals surface area contributed by atoms with E-state index in [0.29, 0.717) is 0 Å². The Morgan fingerprint density at radius 2 is 1.83 bits per heavy atom. The Hall–Kier alpha value is -3.14. The molecule has 0 atom stereocenters. The molecule has 2 fully saturated rings. The van der Waals surface area contributed by atoms with Crippen LogP contribution in [0.5, 0.6) is 0 Å². The molecule has 0 amide bonds. The lowest BCUT2D eigenvalue weighted by Crippen LogP contribution is -2.38. The maximum Gasteiger partial charge on any atom is 0.143 e. The average molecular weight is 502 g/mol. The summed E-state index contributed by atoms with van der Waals surface area (Å²) in [6.45, 7) is 8.55. The third-order valence-corrected chi connectivity index (χ3v) is 7.88. The molecule has 0 radical (unpaired) electrons. The zero-order chi connectivity index (χ0) is 24.3. The third-order valence-electron chi connectivity index (χ3n) is 6.87. The van der Waals surface area contributed by atoms with Crippen molar-refractivity contribution < 1.29 is 4.74 Å². The van der Waals surface area contributed by atoms with Crippen molar-refractivity contribution >= 4 is 38.9 Å². The van der Waals surface area contributed by atoms with E-state index in [-0.39, 0.29) is 0 Å². The molecular weight excluding hydrogens is 470 g/mol. The summed E-state index contributed by atoms with van der Waals surface area (Å²) >= 11 is 1.62. The minimum atomic E-state index is 0.743. The summed E-state index contributed by atoms with van der Waals surface area (Å²) < 4.78 is 6.63. The lowest BCUT2D eigenvalue weighted by molar-refractivity contribution is 0.122. The molecule has 0 bridgehead atoms. The molecule has 4 aromatic rings. The summed E-state index contributed by atoms with van der Waals surface area (Å²) in [6.07, 6.45) is 7.56. The summed E-state index contributed by atoms with van der Waals surface area (Å²) in [5.41, 5.74) is 5.29. The predicted molar refractivity (Wildman–Crippen MR) is 145 cm³/mol. The van der Waals surface area contributed by atoms with Gasteiger partial charge in [-0.1, -0.05) is 12.5 Å². The van der Waals surface area contributed by atoms with Crippen LogP contribution in [0, 0.1) is 6.92 Å². The summed E-state index contributed by atoms with van der Waals surface area (Å²) in [7, 11) is 0. The van der Waals surface area contributed by atoms with Crippen molar-refractivity contribution in [2.24, 2.45) is 0 Å². The number of anilines is 3. The van der Waals surface area contributed by atoms with Crippen LogP contribution in [0.3, 0.4) is 0 Å². The van der Waals surface area contributed by atoms with Gasteiger partial charge in [-0.05, 0) is 56.6 Å². The largest absolute Gasteiger partial charge is 0.378 e. The maximum atomic E-state index is 5.58.